The summed E-state index contributed by atoms with van der Waals surface area (Å²) in [6.07, 6.45) is 2.84. The van der Waals surface area contributed by atoms with E-state index in [1.54, 1.807) is 12.1 Å². The summed E-state index contributed by atoms with van der Waals surface area (Å²) in [6.45, 7) is 1.83. The molecular weight excluding hydrogens is 427 g/mol. The molecule has 1 heterocycles. The lowest BCUT2D eigenvalue weighted by Crippen LogP contribution is -2.44. The molecule has 170 valence electrons. The highest BCUT2D eigenvalue weighted by Gasteiger charge is 2.41. The first-order valence-corrected chi connectivity index (χ1v) is 12.7. The van der Waals surface area contributed by atoms with Gasteiger partial charge in [-0.15, -0.1) is 0 Å². The zero-order valence-corrected chi connectivity index (χ0v) is 19.1. The van der Waals surface area contributed by atoms with Gasteiger partial charge in [-0.05, 0) is 62.6 Å². The maximum Gasteiger partial charge on any atom is 0.221 e. The number of benzene rings is 2. The third-order valence-electron chi connectivity index (χ3n) is 7.15. The maximum atomic E-state index is 15.2. The van der Waals surface area contributed by atoms with Gasteiger partial charge in [-0.3, -0.25) is 0 Å². The van der Waals surface area contributed by atoms with Crippen molar-refractivity contribution in [3.63, 3.8) is 0 Å². The Morgan fingerprint density at radius 1 is 1.12 bits per heavy atom. The number of rotatable bonds is 4. The second-order valence-electron chi connectivity index (χ2n) is 9.15. The Labute approximate surface area is 189 Å². The fourth-order valence-electron chi connectivity index (χ4n) is 5.05. The zero-order valence-electron chi connectivity index (χ0n) is 18.2. The van der Waals surface area contributed by atoms with Crippen LogP contribution in [0.1, 0.15) is 67.4 Å². The summed E-state index contributed by atoms with van der Waals surface area (Å²) in [5, 5.41) is 19.0. The average molecular weight is 457 g/mol. The SMILES string of the molecule is C[C@H]1CCC(c2ccccc2)S(=O)(=O)N1Cc1ccc(C2(C#N)CCC(O)CC2)cc1F. The van der Waals surface area contributed by atoms with Crippen molar-refractivity contribution in [2.75, 3.05) is 0 Å². The lowest BCUT2D eigenvalue weighted by Gasteiger charge is -2.37. The minimum absolute atomic E-state index is 0.0305. The normalized spacial score (nSPS) is 30.5. The van der Waals surface area contributed by atoms with Crippen LogP contribution >= 0.6 is 0 Å². The molecule has 0 spiro atoms. The highest BCUT2D eigenvalue weighted by molar-refractivity contribution is 7.89. The Kier molecular flexibility index (Phi) is 6.39. The predicted octanol–water partition coefficient (Wildman–Crippen LogP) is 4.58. The first-order chi connectivity index (χ1) is 15.3. The third kappa shape index (κ3) is 4.19. The van der Waals surface area contributed by atoms with E-state index in [-0.39, 0.29) is 12.6 Å². The summed E-state index contributed by atoms with van der Waals surface area (Å²) in [7, 11) is -3.65. The van der Waals surface area contributed by atoms with Crippen LogP contribution in [-0.4, -0.2) is 30.0 Å². The van der Waals surface area contributed by atoms with E-state index in [0.29, 0.717) is 49.7 Å². The summed E-state index contributed by atoms with van der Waals surface area (Å²) in [5.74, 6) is -0.493. The van der Waals surface area contributed by atoms with E-state index in [0.717, 1.165) is 5.56 Å². The van der Waals surface area contributed by atoms with E-state index >= 15 is 4.39 Å². The molecule has 1 N–H and O–H groups in total. The van der Waals surface area contributed by atoms with Crippen molar-refractivity contribution in [3.05, 3.63) is 71.0 Å². The monoisotopic (exact) mass is 456 g/mol. The summed E-state index contributed by atoms with van der Waals surface area (Å²) < 4.78 is 43.4. The van der Waals surface area contributed by atoms with Crippen molar-refractivity contribution < 1.29 is 17.9 Å². The molecule has 1 aliphatic heterocycles. The molecule has 4 rings (SSSR count). The number of sulfonamides is 1. The smallest absolute Gasteiger partial charge is 0.221 e. The predicted molar refractivity (Wildman–Crippen MR) is 121 cm³/mol. The molecule has 7 heteroatoms. The first kappa shape index (κ1) is 22.9. The number of nitriles is 1. The molecule has 32 heavy (non-hydrogen) atoms. The summed E-state index contributed by atoms with van der Waals surface area (Å²) in [6, 6.07) is 16.0. The van der Waals surface area contributed by atoms with E-state index in [2.05, 4.69) is 6.07 Å². The number of aliphatic hydroxyl groups excluding tert-OH is 1. The highest BCUT2D eigenvalue weighted by atomic mass is 32.2. The van der Waals surface area contributed by atoms with Crippen molar-refractivity contribution in [3.8, 4) is 6.07 Å². The molecular formula is C25H29FN2O3S. The Morgan fingerprint density at radius 3 is 2.44 bits per heavy atom. The van der Waals surface area contributed by atoms with Crippen molar-refractivity contribution in [1.29, 1.82) is 5.26 Å². The van der Waals surface area contributed by atoms with E-state index < -0.39 is 32.6 Å². The van der Waals surface area contributed by atoms with E-state index in [4.69, 9.17) is 0 Å². The van der Waals surface area contributed by atoms with Gasteiger partial charge in [-0.1, -0.05) is 42.5 Å². The lowest BCUT2D eigenvalue weighted by atomic mass is 9.69. The van der Waals surface area contributed by atoms with Crippen LogP contribution in [0.15, 0.2) is 48.5 Å². The molecule has 0 amide bonds. The van der Waals surface area contributed by atoms with Crippen LogP contribution in [0.3, 0.4) is 0 Å². The van der Waals surface area contributed by atoms with Crippen LogP contribution in [0.2, 0.25) is 0 Å². The van der Waals surface area contributed by atoms with Gasteiger partial charge in [-0.2, -0.15) is 9.57 Å². The van der Waals surface area contributed by atoms with Crippen LogP contribution in [0.25, 0.3) is 0 Å². The molecule has 1 unspecified atom stereocenters. The van der Waals surface area contributed by atoms with E-state index in [1.807, 2.05) is 37.3 Å². The van der Waals surface area contributed by atoms with Gasteiger partial charge in [-0.25, -0.2) is 12.8 Å². The van der Waals surface area contributed by atoms with Crippen LogP contribution < -0.4 is 0 Å². The first-order valence-electron chi connectivity index (χ1n) is 11.2. The number of nitrogens with zero attached hydrogens (tertiary/aromatic N) is 2. The van der Waals surface area contributed by atoms with Gasteiger partial charge in [0, 0.05) is 18.2 Å². The summed E-state index contributed by atoms with van der Waals surface area (Å²) in [5.41, 5.74) is 0.865. The van der Waals surface area contributed by atoms with Gasteiger partial charge in [0.05, 0.1) is 17.6 Å². The Bertz CT molecular complexity index is 1110. The van der Waals surface area contributed by atoms with Crippen LogP contribution in [0, 0.1) is 17.1 Å². The molecule has 2 aromatic carbocycles. The van der Waals surface area contributed by atoms with Gasteiger partial charge in [0.15, 0.2) is 0 Å². The van der Waals surface area contributed by atoms with E-state index in [9.17, 15) is 18.8 Å². The van der Waals surface area contributed by atoms with Gasteiger partial charge in [0.1, 0.15) is 11.1 Å². The average Bonchev–Trinajstić information content (AvgIpc) is 2.79. The molecule has 1 aliphatic carbocycles. The van der Waals surface area contributed by atoms with Gasteiger partial charge in [0.2, 0.25) is 10.0 Å². The molecule has 2 fully saturated rings. The van der Waals surface area contributed by atoms with Crippen LogP contribution in [-0.2, 0) is 22.0 Å². The molecule has 2 aromatic rings. The standard InChI is InChI=1S/C25H29FN2O3S/c1-18-7-10-24(19-5-3-2-4-6-19)32(30,31)28(18)16-20-8-9-21(15-23(20)26)25(17-27)13-11-22(29)12-14-25/h2-6,8-9,15,18,22,24,29H,7,10-14,16H2,1H3/t18-,22?,24?,25?/m0/s1. The lowest BCUT2D eigenvalue weighted by molar-refractivity contribution is 0.109. The van der Waals surface area contributed by atoms with Gasteiger partial charge < -0.3 is 5.11 Å². The van der Waals surface area contributed by atoms with Crippen LogP contribution in [0.4, 0.5) is 4.39 Å². The fourth-order valence-corrected chi connectivity index (χ4v) is 7.24. The quantitative estimate of drug-likeness (QED) is 0.730. The fraction of sp³-hybridized carbons (Fsp3) is 0.480. The second kappa shape index (κ2) is 8.93. The molecule has 1 saturated carbocycles. The maximum absolute atomic E-state index is 15.2. The Hall–Kier alpha value is -2.27. The number of hydrogen-bond acceptors (Lipinski definition) is 4. The minimum atomic E-state index is -3.65. The number of halogens is 1. The van der Waals surface area contributed by atoms with Crippen molar-refractivity contribution in [1.82, 2.24) is 4.31 Å². The van der Waals surface area contributed by atoms with Gasteiger partial charge in [0.25, 0.3) is 0 Å². The summed E-state index contributed by atoms with van der Waals surface area (Å²) >= 11 is 0. The molecule has 2 aliphatic rings. The topological polar surface area (TPSA) is 81.4 Å². The molecule has 5 nitrogen and oxygen atoms in total. The third-order valence-corrected chi connectivity index (χ3v) is 9.52. The number of aliphatic hydroxyl groups is 1. The molecule has 2 atom stereocenters. The van der Waals surface area contributed by atoms with Crippen molar-refractivity contribution >= 4 is 10.0 Å². The zero-order chi connectivity index (χ0) is 22.9. The Morgan fingerprint density at radius 2 is 1.81 bits per heavy atom. The van der Waals surface area contributed by atoms with Crippen LogP contribution in [0.5, 0.6) is 0 Å². The summed E-state index contributed by atoms with van der Waals surface area (Å²) in [4.78, 5) is 0. The molecule has 0 radical (unpaired) electrons. The van der Waals surface area contributed by atoms with Crippen molar-refractivity contribution in [2.45, 2.75) is 74.8 Å². The molecule has 0 bridgehead atoms. The Balaban J connectivity index is 1.60. The highest BCUT2D eigenvalue weighted by Crippen LogP contribution is 2.41. The second-order valence-corrected chi connectivity index (χ2v) is 11.2. The minimum Gasteiger partial charge on any atom is -0.393 e. The number of hydrogen-bond donors (Lipinski definition) is 1. The van der Waals surface area contributed by atoms with Gasteiger partial charge >= 0.3 is 0 Å². The van der Waals surface area contributed by atoms with Crippen molar-refractivity contribution in [2.24, 2.45) is 0 Å². The molecule has 0 aromatic heterocycles. The van der Waals surface area contributed by atoms with E-state index in [1.165, 1.54) is 10.4 Å². The molecule has 1 saturated heterocycles. The largest absolute Gasteiger partial charge is 0.393 e.